The van der Waals surface area contributed by atoms with Crippen LogP contribution in [0.3, 0.4) is 0 Å². The fourth-order valence-electron chi connectivity index (χ4n) is 3.10. The van der Waals surface area contributed by atoms with E-state index in [1.165, 1.54) is 30.3 Å². The molecule has 0 radical (unpaired) electrons. The molecule has 0 aliphatic carbocycles. The van der Waals surface area contributed by atoms with E-state index in [0.29, 0.717) is 11.2 Å². The van der Waals surface area contributed by atoms with Gasteiger partial charge in [-0.3, -0.25) is 0 Å². The minimum Gasteiger partial charge on any atom is -0.457 e. The maximum Gasteiger partial charge on any atom is 0.417 e. The van der Waals surface area contributed by atoms with Gasteiger partial charge in [0.1, 0.15) is 23.1 Å². The number of nitrogen functional groups attached to an aromatic ring is 1. The molecule has 0 amide bonds. The van der Waals surface area contributed by atoms with Crippen molar-refractivity contribution in [3.63, 3.8) is 0 Å². The number of hydrogen-bond acceptors (Lipinski definition) is 6. The summed E-state index contributed by atoms with van der Waals surface area (Å²) in [4.78, 5) is 12.4. The van der Waals surface area contributed by atoms with Gasteiger partial charge in [0.15, 0.2) is 5.65 Å². The van der Waals surface area contributed by atoms with Crippen LogP contribution in [0.5, 0.6) is 11.5 Å². The van der Waals surface area contributed by atoms with Crippen LogP contribution in [0.2, 0.25) is 0 Å². The molecule has 6 nitrogen and oxygen atoms in total. The third-order valence-corrected chi connectivity index (χ3v) is 4.44. The predicted octanol–water partition coefficient (Wildman–Crippen LogP) is 5.27. The van der Waals surface area contributed by atoms with E-state index in [0.717, 1.165) is 18.2 Å². The number of hydrogen-bond donors (Lipinski definition) is 2. The Hall–Kier alpha value is -3.95. The summed E-state index contributed by atoms with van der Waals surface area (Å²) in [6, 6.07) is 11.5. The first-order chi connectivity index (χ1) is 14.8. The zero-order chi connectivity index (χ0) is 22.2. The minimum absolute atomic E-state index is 0.0160. The third-order valence-electron chi connectivity index (χ3n) is 4.44. The molecule has 0 bridgehead atoms. The van der Waals surface area contributed by atoms with E-state index in [1.807, 2.05) is 0 Å². The lowest BCUT2D eigenvalue weighted by Crippen LogP contribution is -2.09. The molecule has 0 aliphatic heterocycles. The molecule has 0 saturated heterocycles. The van der Waals surface area contributed by atoms with Crippen molar-refractivity contribution in [2.45, 2.75) is 6.18 Å². The quantitative estimate of drug-likeness (QED) is 0.430. The van der Waals surface area contributed by atoms with Gasteiger partial charge in [0.2, 0.25) is 5.95 Å². The van der Waals surface area contributed by atoms with Gasteiger partial charge in [0.05, 0.1) is 22.2 Å². The molecule has 2 aromatic carbocycles. The molecule has 4 rings (SSSR count). The summed E-state index contributed by atoms with van der Waals surface area (Å²) in [7, 11) is 1.63. The second kappa shape index (κ2) is 7.71. The molecule has 10 heteroatoms. The summed E-state index contributed by atoms with van der Waals surface area (Å²) in [5.74, 6) is -0.0943. The SMILES string of the molecule is CNc1nc(N)nc2nc(-c3c(Oc4ccc(F)cc4)cccc3C(F)(F)F)ccc12. The second-order valence-corrected chi connectivity index (χ2v) is 6.48. The van der Waals surface area contributed by atoms with Crippen molar-refractivity contribution >= 4 is 22.8 Å². The van der Waals surface area contributed by atoms with Gasteiger partial charge in [-0.05, 0) is 48.5 Å². The molecule has 2 heterocycles. The van der Waals surface area contributed by atoms with Crippen molar-refractivity contribution in [3.8, 4) is 22.8 Å². The average Bonchev–Trinajstić information content (AvgIpc) is 2.73. The molecular formula is C21H15F4N5O. The smallest absolute Gasteiger partial charge is 0.417 e. The van der Waals surface area contributed by atoms with E-state index in [2.05, 4.69) is 20.3 Å². The lowest BCUT2D eigenvalue weighted by molar-refractivity contribution is -0.137. The van der Waals surface area contributed by atoms with Gasteiger partial charge in [-0.2, -0.15) is 23.1 Å². The van der Waals surface area contributed by atoms with Crippen LogP contribution in [-0.4, -0.2) is 22.0 Å². The Labute approximate surface area is 173 Å². The Bertz CT molecular complexity index is 1260. The van der Waals surface area contributed by atoms with E-state index in [9.17, 15) is 17.6 Å². The van der Waals surface area contributed by atoms with Gasteiger partial charge in [-0.25, -0.2) is 9.37 Å². The standard InChI is InChI=1S/C21H15F4N5O/c1-27-18-13-9-10-15(28-19(13)30-20(26)29-18)17-14(21(23,24)25)3-2-4-16(17)31-12-7-5-11(22)6-8-12/h2-10H,1H3,(H3,26,27,28,29,30). The summed E-state index contributed by atoms with van der Waals surface area (Å²) in [6.07, 6.45) is -4.67. The maximum absolute atomic E-state index is 13.8. The molecular weight excluding hydrogens is 414 g/mol. The monoisotopic (exact) mass is 429 g/mol. The number of halogens is 4. The van der Waals surface area contributed by atoms with Gasteiger partial charge in [0, 0.05) is 7.05 Å². The van der Waals surface area contributed by atoms with Crippen molar-refractivity contribution in [1.82, 2.24) is 15.0 Å². The Morgan fingerprint density at radius 3 is 2.35 bits per heavy atom. The van der Waals surface area contributed by atoms with E-state index in [-0.39, 0.29) is 34.4 Å². The second-order valence-electron chi connectivity index (χ2n) is 6.48. The topological polar surface area (TPSA) is 86.0 Å². The molecule has 2 aromatic heterocycles. The van der Waals surface area contributed by atoms with Crippen LogP contribution in [0.25, 0.3) is 22.3 Å². The first-order valence-electron chi connectivity index (χ1n) is 9.02. The van der Waals surface area contributed by atoms with Gasteiger partial charge in [-0.1, -0.05) is 6.07 Å². The van der Waals surface area contributed by atoms with Gasteiger partial charge in [0.25, 0.3) is 0 Å². The third kappa shape index (κ3) is 4.04. The largest absolute Gasteiger partial charge is 0.457 e. The van der Waals surface area contributed by atoms with Gasteiger partial charge < -0.3 is 15.8 Å². The molecule has 0 atom stereocenters. The molecule has 0 saturated carbocycles. The molecule has 0 unspecified atom stereocenters. The number of alkyl halides is 3. The lowest BCUT2D eigenvalue weighted by atomic mass is 10.0. The predicted molar refractivity (Wildman–Crippen MR) is 108 cm³/mol. The fraction of sp³-hybridized carbons (Fsp3) is 0.0952. The number of nitrogens with two attached hydrogens (primary N) is 1. The molecule has 31 heavy (non-hydrogen) atoms. The Morgan fingerprint density at radius 1 is 0.935 bits per heavy atom. The van der Waals surface area contributed by atoms with Gasteiger partial charge >= 0.3 is 6.18 Å². The molecule has 3 N–H and O–H groups in total. The number of nitrogens with zero attached hydrogens (tertiary/aromatic N) is 3. The fourth-order valence-corrected chi connectivity index (χ4v) is 3.10. The Morgan fingerprint density at radius 2 is 1.68 bits per heavy atom. The van der Waals surface area contributed by atoms with Crippen LogP contribution in [0.4, 0.5) is 29.3 Å². The number of fused-ring (bicyclic) bond motifs is 1. The number of anilines is 2. The highest BCUT2D eigenvalue weighted by molar-refractivity contribution is 5.89. The first kappa shape index (κ1) is 20.3. The first-order valence-corrected chi connectivity index (χ1v) is 9.02. The van der Waals surface area contributed by atoms with E-state index < -0.39 is 17.6 Å². The summed E-state index contributed by atoms with van der Waals surface area (Å²) in [5.41, 5.74) is 4.59. The average molecular weight is 429 g/mol. The summed E-state index contributed by atoms with van der Waals surface area (Å²) in [6.45, 7) is 0. The molecule has 0 spiro atoms. The summed E-state index contributed by atoms with van der Waals surface area (Å²) < 4.78 is 60.3. The van der Waals surface area contributed by atoms with Crippen LogP contribution >= 0.6 is 0 Å². The normalized spacial score (nSPS) is 11.5. The Kier molecular flexibility index (Phi) is 5.05. The molecule has 0 fully saturated rings. The van der Waals surface area contributed by atoms with E-state index in [4.69, 9.17) is 10.5 Å². The molecule has 0 aliphatic rings. The highest BCUT2D eigenvalue weighted by Crippen LogP contribution is 2.43. The summed E-state index contributed by atoms with van der Waals surface area (Å²) in [5, 5.41) is 3.34. The highest BCUT2D eigenvalue weighted by atomic mass is 19.4. The van der Waals surface area contributed by atoms with Crippen LogP contribution in [0.1, 0.15) is 5.56 Å². The Balaban J connectivity index is 1.92. The number of ether oxygens (including phenoxy) is 1. The van der Waals surface area contributed by atoms with Crippen molar-refractivity contribution in [1.29, 1.82) is 0 Å². The number of aromatic nitrogens is 3. The maximum atomic E-state index is 13.8. The lowest BCUT2D eigenvalue weighted by Gasteiger charge is -2.17. The van der Waals surface area contributed by atoms with Crippen LogP contribution < -0.4 is 15.8 Å². The van der Waals surface area contributed by atoms with Crippen molar-refractivity contribution in [2.24, 2.45) is 0 Å². The van der Waals surface area contributed by atoms with Crippen molar-refractivity contribution < 1.29 is 22.3 Å². The number of pyridine rings is 1. The minimum atomic E-state index is -4.67. The van der Waals surface area contributed by atoms with Crippen LogP contribution in [-0.2, 0) is 6.18 Å². The van der Waals surface area contributed by atoms with Gasteiger partial charge in [-0.15, -0.1) is 0 Å². The van der Waals surface area contributed by atoms with Crippen LogP contribution in [0, 0.1) is 5.82 Å². The number of nitrogens with one attached hydrogen (secondary N) is 1. The zero-order valence-electron chi connectivity index (χ0n) is 16.0. The molecule has 4 aromatic rings. The van der Waals surface area contributed by atoms with E-state index >= 15 is 0 Å². The van der Waals surface area contributed by atoms with Crippen molar-refractivity contribution in [3.05, 3.63) is 66.0 Å². The van der Waals surface area contributed by atoms with Crippen LogP contribution in [0.15, 0.2) is 54.6 Å². The molecule has 158 valence electrons. The highest BCUT2D eigenvalue weighted by Gasteiger charge is 2.35. The number of rotatable bonds is 4. The zero-order valence-corrected chi connectivity index (χ0v) is 16.0. The van der Waals surface area contributed by atoms with E-state index in [1.54, 1.807) is 13.1 Å². The van der Waals surface area contributed by atoms with Crippen molar-refractivity contribution in [2.75, 3.05) is 18.1 Å². The number of benzene rings is 2. The summed E-state index contributed by atoms with van der Waals surface area (Å²) >= 11 is 0.